The highest BCUT2D eigenvalue weighted by Crippen LogP contribution is 2.23. The lowest BCUT2D eigenvalue weighted by Gasteiger charge is -2.23. The molecule has 1 amide bonds. The van der Waals surface area contributed by atoms with Gasteiger partial charge in [-0.2, -0.15) is 0 Å². The Morgan fingerprint density at radius 2 is 2.32 bits per heavy atom. The zero-order valence-electron chi connectivity index (χ0n) is 12.9. The topological polar surface area (TPSA) is 50.4 Å². The van der Waals surface area contributed by atoms with Gasteiger partial charge in [-0.3, -0.25) is 4.79 Å². The van der Waals surface area contributed by atoms with E-state index in [9.17, 15) is 4.79 Å². The van der Waals surface area contributed by atoms with Crippen molar-refractivity contribution in [3.63, 3.8) is 0 Å². The van der Waals surface area contributed by atoms with Crippen molar-refractivity contribution in [2.75, 3.05) is 26.2 Å². The minimum absolute atomic E-state index is 0. The smallest absolute Gasteiger partial charge is 0.255 e. The first-order valence-electron chi connectivity index (χ1n) is 7.62. The van der Waals surface area contributed by atoms with Crippen LogP contribution in [0.15, 0.2) is 18.2 Å². The number of benzene rings is 1. The molecule has 2 rings (SSSR count). The molecule has 1 heterocycles. The summed E-state index contributed by atoms with van der Waals surface area (Å²) in [6, 6.07) is 5.17. The van der Waals surface area contributed by atoms with Crippen LogP contribution in [0.1, 0.15) is 36.5 Å². The van der Waals surface area contributed by atoms with Crippen molar-refractivity contribution in [3.05, 3.63) is 28.8 Å². The van der Waals surface area contributed by atoms with Crippen molar-refractivity contribution in [3.8, 4) is 5.75 Å². The van der Waals surface area contributed by atoms with E-state index in [4.69, 9.17) is 16.3 Å². The number of nitrogens with one attached hydrogen (secondary N) is 2. The molecule has 22 heavy (non-hydrogen) atoms. The van der Waals surface area contributed by atoms with Crippen molar-refractivity contribution in [2.45, 2.75) is 26.2 Å². The lowest BCUT2D eigenvalue weighted by molar-refractivity contribution is 0.0940. The molecule has 2 N–H and O–H groups in total. The van der Waals surface area contributed by atoms with Crippen LogP contribution in [0.4, 0.5) is 0 Å². The summed E-state index contributed by atoms with van der Waals surface area (Å²) in [6.07, 6.45) is 3.22. The normalized spacial score (nSPS) is 17.5. The third-order valence-electron chi connectivity index (χ3n) is 3.60. The Balaban J connectivity index is 0.00000242. The first kappa shape index (κ1) is 19.1. The van der Waals surface area contributed by atoms with Gasteiger partial charge in [0, 0.05) is 11.6 Å². The monoisotopic (exact) mass is 346 g/mol. The standard InChI is InChI=1S/C16H23ClN2O2.ClH/c1-2-8-21-15-6-5-13(17)9-14(15)16(20)19-11-12-4-3-7-18-10-12;/h5-6,9,12,18H,2-4,7-8,10-11H2,1H3,(H,19,20);1H. The maximum Gasteiger partial charge on any atom is 0.255 e. The first-order valence-corrected chi connectivity index (χ1v) is 7.99. The minimum atomic E-state index is -0.117. The Labute approximate surface area is 143 Å². The van der Waals surface area contributed by atoms with Gasteiger partial charge in [0.1, 0.15) is 5.75 Å². The number of carbonyl (C=O) groups is 1. The highest BCUT2D eigenvalue weighted by atomic mass is 35.5. The van der Waals surface area contributed by atoms with Crippen LogP contribution in [0.2, 0.25) is 5.02 Å². The molecule has 0 radical (unpaired) electrons. The molecular formula is C16H24Cl2N2O2. The highest BCUT2D eigenvalue weighted by molar-refractivity contribution is 6.31. The molecule has 4 nitrogen and oxygen atoms in total. The number of rotatable bonds is 6. The molecule has 6 heteroatoms. The van der Waals surface area contributed by atoms with Crippen molar-refractivity contribution in [1.29, 1.82) is 0 Å². The fourth-order valence-corrected chi connectivity index (χ4v) is 2.62. The largest absolute Gasteiger partial charge is 0.493 e. The zero-order valence-corrected chi connectivity index (χ0v) is 14.4. The van der Waals surface area contributed by atoms with E-state index in [2.05, 4.69) is 10.6 Å². The summed E-state index contributed by atoms with van der Waals surface area (Å²) >= 11 is 6.00. The minimum Gasteiger partial charge on any atom is -0.493 e. The van der Waals surface area contributed by atoms with Gasteiger partial charge in [-0.05, 0) is 56.5 Å². The molecule has 0 bridgehead atoms. The van der Waals surface area contributed by atoms with E-state index in [-0.39, 0.29) is 18.3 Å². The molecule has 0 aromatic heterocycles. The summed E-state index contributed by atoms with van der Waals surface area (Å²) in [5.41, 5.74) is 0.514. The van der Waals surface area contributed by atoms with E-state index < -0.39 is 0 Å². The Morgan fingerprint density at radius 3 is 3.00 bits per heavy atom. The summed E-state index contributed by atoms with van der Waals surface area (Å²) < 4.78 is 5.62. The Hall–Kier alpha value is -0.970. The molecule has 1 atom stereocenters. The fourth-order valence-electron chi connectivity index (χ4n) is 2.45. The Morgan fingerprint density at radius 1 is 1.50 bits per heavy atom. The molecule has 1 aromatic rings. The van der Waals surface area contributed by atoms with Gasteiger partial charge in [0.2, 0.25) is 0 Å². The number of hydrogen-bond acceptors (Lipinski definition) is 3. The van der Waals surface area contributed by atoms with Gasteiger partial charge in [-0.1, -0.05) is 18.5 Å². The van der Waals surface area contributed by atoms with Crippen LogP contribution in [0.5, 0.6) is 5.75 Å². The van der Waals surface area contributed by atoms with Gasteiger partial charge < -0.3 is 15.4 Å². The Kier molecular flexibility index (Phi) is 8.61. The van der Waals surface area contributed by atoms with E-state index in [1.807, 2.05) is 6.92 Å². The fraction of sp³-hybridized carbons (Fsp3) is 0.562. The SMILES string of the molecule is CCCOc1ccc(Cl)cc1C(=O)NCC1CCCNC1.Cl. The van der Waals surface area contributed by atoms with Crippen molar-refractivity contribution < 1.29 is 9.53 Å². The Bertz CT molecular complexity index is 477. The summed E-state index contributed by atoms with van der Waals surface area (Å²) in [6.45, 7) is 5.36. The quantitative estimate of drug-likeness (QED) is 0.830. The number of carbonyl (C=O) groups excluding carboxylic acids is 1. The third kappa shape index (κ3) is 5.67. The van der Waals surface area contributed by atoms with E-state index in [1.165, 1.54) is 6.42 Å². The first-order chi connectivity index (χ1) is 10.2. The molecule has 1 aliphatic rings. The maximum absolute atomic E-state index is 12.4. The molecular weight excluding hydrogens is 323 g/mol. The van der Waals surface area contributed by atoms with Gasteiger partial charge in [-0.15, -0.1) is 12.4 Å². The van der Waals surface area contributed by atoms with Crippen molar-refractivity contribution in [1.82, 2.24) is 10.6 Å². The van der Waals surface area contributed by atoms with Gasteiger partial charge in [0.25, 0.3) is 5.91 Å². The summed E-state index contributed by atoms with van der Waals surface area (Å²) in [5.74, 6) is 0.983. The highest BCUT2D eigenvalue weighted by Gasteiger charge is 2.17. The average Bonchev–Trinajstić information content (AvgIpc) is 2.52. The second-order valence-corrected chi connectivity index (χ2v) is 5.85. The molecule has 0 saturated carbocycles. The number of piperidine rings is 1. The van der Waals surface area contributed by atoms with Crippen LogP contribution < -0.4 is 15.4 Å². The molecule has 1 aromatic carbocycles. The predicted octanol–water partition coefficient (Wildman–Crippen LogP) is 3.28. The number of halogens is 2. The lowest BCUT2D eigenvalue weighted by atomic mass is 9.99. The van der Waals surface area contributed by atoms with E-state index in [0.717, 1.165) is 25.9 Å². The van der Waals surface area contributed by atoms with Crippen LogP contribution >= 0.6 is 24.0 Å². The van der Waals surface area contributed by atoms with Gasteiger partial charge in [-0.25, -0.2) is 0 Å². The van der Waals surface area contributed by atoms with E-state index in [0.29, 0.717) is 35.4 Å². The molecule has 124 valence electrons. The van der Waals surface area contributed by atoms with Crippen LogP contribution in [-0.4, -0.2) is 32.1 Å². The van der Waals surface area contributed by atoms with Crippen molar-refractivity contribution >= 4 is 29.9 Å². The average molecular weight is 347 g/mol. The molecule has 1 unspecified atom stereocenters. The number of ether oxygens (including phenoxy) is 1. The molecule has 1 saturated heterocycles. The number of amides is 1. The summed E-state index contributed by atoms with van der Waals surface area (Å²) in [7, 11) is 0. The molecule has 0 spiro atoms. The summed E-state index contributed by atoms with van der Waals surface area (Å²) in [4.78, 5) is 12.4. The second-order valence-electron chi connectivity index (χ2n) is 5.41. The molecule has 0 aliphatic carbocycles. The van der Waals surface area contributed by atoms with Gasteiger partial charge in [0.05, 0.1) is 12.2 Å². The van der Waals surface area contributed by atoms with Crippen LogP contribution in [0, 0.1) is 5.92 Å². The zero-order chi connectivity index (χ0) is 15.1. The van der Waals surface area contributed by atoms with Gasteiger partial charge >= 0.3 is 0 Å². The van der Waals surface area contributed by atoms with Crippen LogP contribution in [-0.2, 0) is 0 Å². The van der Waals surface area contributed by atoms with Crippen LogP contribution in [0.3, 0.4) is 0 Å². The van der Waals surface area contributed by atoms with Gasteiger partial charge in [0.15, 0.2) is 0 Å². The summed E-state index contributed by atoms with van der Waals surface area (Å²) in [5, 5.41) is 6.89. The maximum atomic E-state index is 12.4. The lowest BCUT2D eigenvalue weighted by Crippen LogP contribution is -2.38. The predicted molar refractivity (Wildman–Crippen MR) is 92.4 cm³/mol. The van der Waals surface area contributed by atoms with E-state index >= 15 is 0 Å². The van der Waals surface area contributed by atoms with Crippen molar-refractivity contribution in [2.24, 2.45) is 5.92 Å². The number of hydrogen-bond donors (Lipinski definition) is 2. The van der Waals surface area contributed by atoms with Crippen LogP contribution in [0.25, 0.3) is 0 Å². The van der Waals surface area contributed by atoms with E-state index in [1.54, 1.807) is 18.2 Å². The second kappa shape index (κ2) is 9.93. The molecule has 1 aliphatic heterocycles. The third-order valence-corrected chi connectivity index (χ3v) is 3.83. The molecule has 1 fully saturated rings.